The number of unbranched alkanes of at least 4 members (excludes halogenated alkanes) is 2. The molecule has 0 aromatic heterocycles. The number of benzene rings is 2. The third-order valence-electron chi connectivity index (χ3n) is 6.47. The molecule has 2 aromatic rings. The molecule has 200 valence electrons. The van der Waals surface area contributed by atoms with Crippen LogP contribution in [0.2, 0.25) is 0 Å². The van der Waals surface area contributed by atoms with Crippen molar-refractivity contribution >= 4 is 17.4 Å². The summed E-state index contributed by atoms with van der Waals surface area (Å²) in [7, 11) is 0. The van der Waals surface area contributed by atoms with Gasteiger partial charge in [-0.1, -0.05) is 52.7 Å². The Balaban J connectivity index is 2.15. The molecule has 0 bridgehead atoms. The SMILES string of the molecule is CCCCCN1C(=O)C(=O)/C(=C(\O)c2ccc(OCC)c(C(C)(C)C)c2)C1c1ccc(OC(C)C)cc1. The third kappa shape index (κ3) is 6.35. The van der Waals surface area contributed by atoms with Crippen molar-refractivity contribution in [2.75, 3.05) is 13.2 Å². The summed E-state index contributed by atoms with van der Waals surface area (Å²) in [5.41, 5.74) is 2.03. The molecule has 1 fully saturated rings. The van der Waals surface area contributed by atoms with Gasteiger partial charge in [0.15, 0.2) is 0 Å². The lowest BCUT2D eigenvalue weighted by Crippen LogP contribution is -2.30. The monoisotopic (exact) mass is 507 g/mol. The van der Waals surface area contributed by atoms with E-state index >= 15 is 0 Å². The van der Waals surface area contributed by atoms with Crippen LogP contribution in [0.25, 0.3) is 5.76 Å². The van der Waals surface area contributed by atoms with Crippen molar-refractivity contribution in [1.82, 2.24) is 4.90 Å². The number of Topliss-reactive ketones (excluding diaryl/α,β-unsaturated/α-hetero) is 1. The van der Waals surface area contributed by atoms with Crippen LogP contribution in [0.3, 0.4) is 0 Å². The molecular weight excluding hydrogens is 466 g/mol. The van der Waals surface area contributed by atoms with Gasteiger partial charge in [0.2, 0.25) is 0 Å². The normalized spacial score (nSPS) is 17.5. The molecule has 6 heteroatoms. The fraction of sp³-hybridized carbons (Fsp3) is 0.484. The molecule has 37 heavy (non-hydrogen) atoms. The molecule has 1 unspecified atom stereocenters. The van der Waals surface area contributed by atoms with Crippen molar-refractivity contribution < 1.29 is 24.2 Å². The first-order valence-corrected chi connectivity index (χ1v) is 13.3. The van der Waals surface area contributed by atoms with E-state index in [0.29, 0.717) is 24.5 Å². The van der Waals surface area contributed by atoms with E-state index < -0.39 is 17.7 Å². The summed E-state index contributed by atoms with van der Waals surface area (Å²) in [6.45, 7) is 15.1. The molecule has 1 saturated heterocycles. The van der Waals surface area contributed by atoms with Gasteiger partial charge in [-0.05, 0) is 68.5 Å². The Bertz CT molecular complexity index is 1140. The molecule has 1 N–H and O–H groups in total. The number of hydrogen-bond donors (Lipinski definition) is 1. The highest BCUT2D eigenvalue weighted by Gasteiger charge is 2.45. The van der Waals surface area contributed by atoms with Crippen LogP contribution in [0, 0.1) is 0 Å². The smallest absolute Gasteiger partial charge is 0.295 e. The fourth-order valence-electron chi connectivity index (χ4n) is 4.69. The number of nitrogens with zero attached hydrogens (tertiary/aromatic N) is 1. The number of aliphatic hydroxyl groups is 1. The molecule has 0 spiro atoms. The minimum Gasteiger partial charge on any atom is -0.507 e. The van der Waals surface area contributed by atoms with Gasteiger partial charge in [0, 0.05) is 17.7 Å². The quantitative estimate of drug-likeness (QED) is 0.166. The second kappa shape index (κ2) is 11.8. The molecule has 0 aliphatic carbocycles. The summed E-state index contributed by atoms with van der Waals surface area (Å²) in [5.74, 6) is 0.0455. The number of amides is 1. The van der Waals surface area contributed by atoms with E-state index in [-0.39, 0.29) is 22.9 Å². The standard InChI is InChI=1S/C31H41NO5/c1-8-10-11-18-32-27(21-12-15-23(16-13-21)37-20(3)4)26(29(34)30(32)35)28(33)22-14-17-25(36-9-2)24(19-22)31(5,6)7/h12-17,19-20,27,33H,8-11,18H2,1-7H3/b28-26-. The summed E-state index contributed by atoms with van der Waals surface area (Å²) in [6.07, 6.45) is 2.76. The van der Waals surface area contributed by atoms with Crippen LogP contribution in [0.1, 0.15) is 90.5 Å². The second-order valence-electron chi connectivity index (χ2n) is 10.8. The maximum Gasteiger partial charge on any atom is 0.295 e. The lowest BCUT2D eigenvalue weighted by molar-refractivity contribution is -0.139. The van der Waals surface area contributed by atoms with E-state index in [4.69, 9.17) is 9.47 Å². The summed E-state index contributed by atoms with van der Waals surface area (Å²) in [4.78, 5) is 28.1. The van der Waals surface area contributed by atoms with Crippen LogP contribution in [0.4, 0.5) is 0 Å². The molecule has 1 atom stereocenters. The Labute approximate surface area is 221 Å². The van der Waals surface area contributed by atoms with Gasteiger partial charge in [0.05, 0.1) is 24.3 Å². The predicted molar refractivity (Wildman–Crippen MR) is 147 cm³/mol. The highest BCUT2D eigenvalue weighted by molar-refractivity contribution is 6.46. The van der Waals surface area contributed by atoms with Crippen molar-refractivity contribution in [2.24, 2.45) is 0 Å². The van der Waals surface area contributed by atoms with Crippen LogP contribution in [-0.2, 0) is 15.0 Å². The van der Waals surface area contributed by atoms with Crippen LogP contribution in [0.5, 0.6) is 11.5 Å². The van der Waals surface area contributed by atoms with Gasteiger partial charge in [-0.2, -0.15) is 0 Å². The van der Waals surface area contributed by atoms with Crippen LogP contribution in [0.15, 0.2) is 48.0 Å². The fourth-order valence-corrected chi connectivity index (χ4v) is 4.69. The highest BCUT2D eigenvalue weighted by atomic mass is 16.5. The van der Waals surface area contributed by atoms with Crippen molar-refractivity contribution in [3.63, 3.8) is 0 Å². The lowest BCUT2D eigenvalue weighted by Gasteiger charge is -2.26. The Hall–Kier alpha value is -3.28. The Morgan fingerprint density at radius 2 is 1.70 bits per heavy atom. The predicted octanol–water partition coefficient (Wildman–Crippen LogP) is 6.78. The van der Waals surface area contributed by atoms with Crippen molar-refractivity contribution in [3.05, 3.63) is 64.7 Å². The minimum absolute atomic E-state index is 0.0298. The van der Waals surface area contributed by atoms with Crippen molar-refractivity contribution in [2.45, 2.75) is 85.3 Å². The molecule has 1 heterocycles. The van der Waals surface area contributed by atoms with Crippen LogP contribution >= 0.6 is 0 Å². The number of aliphatic hydroxyl groups excluding tert-OH is 1. The van der Waals surface area contributed by atoms with Gasteiger partial charge in [-0.25, -0.2) is 0 Å². The van der Waals surface area contributed by atoms with Gasteiger partial charge < -0.3 is 19.5 Å². The number of hydrogen-bond acceptors (Lipinski definition) is 5. The summed E-state index contributed by atoms with van der Waals surface area (Å²) < 4.78 is 11.6. The van der Waals surface area contributed by atoms with E-state index in [0.717, 1.165) is 36.1 Å². The first-order chi connectivity index (χ1) is 17.5. The maximum absolute atomic E-state index is 13.4. The Kier molecular flexibility index (Phi) is 9.06. The molecule has 6 nitrogen and oxygen atoms in total. The molecule has 2 aromatic carbocycles. The van der Waals surface area contributed by atoms with E-state index in [1.54, 1.807) is 11.0 Å². The lowest BCUT2D eigenvalue weighted by atomic mass is 9.84. The maximum atomic E-state index is 13.4. The van der Waals surface area contributed by atoms with E-state index in [1.807, 2.05) is 57.2 Å². The Morgan fingerprint density at radius 1 is 1.03 bits per heavy atom. The van der Waals surface area contributed by atoms with Gasteiger partial charge in [-0.15, -0.1) is 0 Å². The van der Waals surface area contributed by atoms with E-state index in [2.05, 4.69) is 27.7 Å². The average molecular weight is 508 g/mol. The summed E-state index contributed by atoms with van der Waals surface area (Å²) >= 11 is 0. The Morgan fingerprint density at radius 3 is 2.27 bits per heavy atom. The molecule has 0 radical (unpaired) electrons. The zero-order valence-corrected chi connectivity index (χ0v) is 23.3. The van der Waals surface area contributed by atoms with Crippen LogP contribution in [-0.4, -0.2) is 41.0 Å². The number of likely N-dealkylation sites (tertiary alicyclic amines) is 1. The van der Waals surface area contributed by atoms with E-state index in [1.165, 1.54) is 0 Å². The molecule has 1 aliphatic heterocycles. The molecular formula is C31H41NO5. The zero-order chi connectivity index (χ0) is 27.3. The first-order valence-electron chi connectivity index (χ1n) is 13.3. The second-order valence-corrected chi connectivity index (χ2v) is 10.8. The van der Waals surface area contributed by atoms with Gasteiger partial charge in [0.1, 0.15) is 17.3 Å². The number of carbonyl (C=O) groups is 2. The van der Waals surface area contributed by atoms with Crippen molar-refractivity contribution in [1.29, 1.82) is 0 Å². The third-order valence-corrected chi connectivity index (χ3v) is 6.47. The number of ether oxygens (including phenoxy) is 2. The molecule has 0 saturated carbocycles. The summed E-state index contributed by atoms with van der Waals surface area (Å²) in [6, 6.07) is 12.2. The molecule has 3 rings (SSSR count). The molecule has 1 amide bonds. The highest BCUT2D eigenvalue weighted by Crippen LogP contribution is 2.41. The zero-order valence-electron chi connectivity index (χ0n) is 23.3. The van der Waals surface area contributed by atoms with Gasteiger partial charge in [-0.3, -0.25) is 9.59 Å². The molecule has 1 aliphatic rings. The van der Waals surface area contributed by atoms with Gasteiger partial charge in [0.25, 0.3) is 11.7 Å². The summed E-state index contributed by atoms with van der Waals surface area (Å²) in [5, 5.41) is 11.5. The van der Waals surface area contributed by atoms with Gasteiger partial charge >= 0.3 is 0 Å². The number of ketones is 1. The number of rotatable bonds is 10. The first kappa shape index (κ1) is 28.3. The largest absolute Gasteiger partial charge is 0.507 e. The average Bonchev–Trinajstić information content (AvgIpc) is 3.08. The van der Waals surface area contributed by atoms with Crippen molar-refractivity contribution in [3.8, 4) is 11.5 Å². The van der Waals surface area contributed by atoms with Crippen LogP contribution < -0.4 is 9.47 Å². The van der Waals surface area contributed by atoms with E-state index in [9.17, 15) is 14.7 Å². The minimum atomic E-state index is -0.672. The topological polar surface area (TPSA) is 76.1 Å². The number of carbonyl (C=O) groups excluding carboxylic acids is 2.